The number of amides is 1. The largest absolute Gasteiger partial charge is 0.330 e. The number of halogens is 1. The van der Waals surface area contributed by atoms with Gasteiger partial charge in [-0.2, -0.15) is 0 Å². The van der Waals surface area contributed by atoms with Crippen molar-refractivity contribution in [1.29, 1.82) is 0 Å². The molecule has 0 fully saturated rings. The molecule has 0 aliphatic heterocycles. The SMILES string of the molecule is NCCc1nc(C(=O)Nc2ccccc2F)cs1. The first kappa shape index (κ1) is 12.7. The molecule has 1 aromatic carbocycles. The number of rotatable bonds is 4. The summed E-state index contributed by atoms with van der Waals surface area (Å²) in [5.74, 6) is -0.886. The lowest BCUT2D eigenvalue weighted by Gasteiger charge is -2.03. The molecule has 0 aliphatic rings. The summed E-state index contributed by atoms with van der Waals surface area (Å²) >= 11 is 1.37. The van der Waals surface area contributed by atoms with E-state index in [9.17, 15) is 9.18 Å². The van der Waals surface area contributed by atoms with Crippen LogP contribution in [-0.2, 0) is 6.42 Å². The summed E-state index contributed by atoms with van der Waals surface area (Å²) in [6.45, 7) is 0.488. The van der Waals surface area contributed by atoms with Crippen molar-refractivity contribution in [2.75, 3.05) is 11.9 Å². The molecule has 2 rings (SSSR count). The van der Waals surface area contributed by atoms with E-state index < -0.39 is 11.7 Å². The lowest BCUT2D eigenvalue weighted by Crippen LogP contribution is -2.13. The number of hydrogen-bond donors (Lipinski definition) is 2. The molecule has 1 heterocycles. The van der Waals surface area contributed by atoms with E-state index in [2.05, 4.69) is 10.3 Å². The molecule has 1 aromatic heterocycles. The van der Waals surface area contributed by atoms with Gasteiger partial charge in [-0.25, -0.2) is 9.37 Å². The van der Waals surface area contributed by atoms with Crippen LogP contribution >= 0.6 is 11.3 Å². The highest BCUT2D eigenvalue weighted by Gasteiger charge is 2.12. The number of benzene rings is 1. The van der Waals surface area contributed by atoms with E-state index in [-0.39, 0.29) is 11.4 Å². The molecule has 4 nitrogen and oxygen atoms in total. The highest BCUT2D eigenvalue weighted by molar-refractivity contribution is 7.09. The van der Waals surface area contributed by atoms with Crippen LogP contribution in [0.25, 0.3) is 0 Å². The van der Waals surface area contributed by atoms with Crippen LogP contribution < -0.4 is 11.1 Å². The monoisotopic (exact) mass is 265 g/mol. The average molecular weight is 265 g/mol. The van der Waals surface area contributed by atoms with Crippen LogP contribution in [0.2, 0.25) is 0 Å². The zero-order valence-electron chi connectivity index (χ0n) is 9.52. The van der Waals surface area contributed by atoms with E-state index >= 15 is 0 Å². The minimum absolute atomic E-state index is 0.149. The quantitative estimate of drug-likeness (QED) is 0.888. The predicted octanol–water partition coefficient (Wildman–Crippen LogP) is 2.04. The summed E-state index contributed by atoms with van der Waals surface area (Å²) in [5, 5.41) is 4.92. The Bertz CT molecular complexity index is 556. The maximum atomic E-state index is 13.3. The number of carbonyl (C=O) groups is 1. The van der Waals surface area contributed by atoms with Crippen molar-refractivity contribution in [3.63, 3.8) is 0 Å². The standard InChI is InChI=1S/C12H12FN3OS/c13-8-3-1-2-4-9(8)16-12(17)10-7-18-11(15-10)5-6-14/h1-4,7H,5-6,14H2,(H,16,17). The Balaban J connectivity index is 2.10. The number of para-hydroxylation sites is 1. The van der Waals surface area contributed by atoms with Crippen molar-refractivity contribution in [2.24, 2.45) is 5.73 Å². The predicted molar refractivity (Wildman–Crippen MR) is 69.2 cm³/mol. The van der Waals surface area contributed by atoms with Crippen molar-refractivity contribution in [3.8, 4) is 0 Å². The van der Waals surface area contributed by atoms with Crippen molar-refractivity contribution in [1.82, 2.24) is 4.98 Å². The summed E-state index contributed by atoms with van der Waals surface area (Å²) < 4.78 is 13.3. The zero-order chi connectivity index (χ0) is 13.0. The molecule has 6 heteroatoms. The smallest absolute Gasteiger partial charge is 0.275 e. The Hall–Kier alpha value is -1.79. The highest BCUT2D eigenvalue weighted by Crippen LogP contribution is 2.15. The van der Waals surface area contributed by atoms with Crippen molar-refractivity contribution in [2.45, 2.75) is 6.42 Å². The van der Waals surface area contributed by atoms with Crippen LogP contribution in [0.5, 0.6) is 0 Å². The van der Waals surface area contributed by atoms with Gasteiger partial charge >= 0.3 is 0 Å². The van der Waals surface area contributed by atoms with Crippen molar-refractivity contribution >= 4 is 22.9 Å². The van der Waals surface area contributed by atoms with Gasteiger partial charge in [-0.15, -0.1) is 11.3 Å². The summed E-state index contributed by atoms with van der Waals surface area (Å²) in [7, 11) is 0. The van der Waals surface area contributed by atoms with Crippen molar-refractivity contribution in [3.05, 3.63) is 46.2 Å². The summed E-state index contributed by atoms with van der Waals surface area (Å²) in [6.07, 6.45) is 0.637. The van der Waals surface area contributed by atoms with E-state index in [1.807, 2.05) is 0 Å². The number of nitrogens with zero attached hydrogens (tertiary/aromatic N) is 1. The second-order valence-electron chi connectivity index (χ2n) is 3.60. The third-order valence-corrected chi connectivity index (χ3v) is 3.17. The Kier molecular flexibility index (Phi) is 4.01. The molecule has 18 heavy (non-hydrogen) atoms. The molecule has 0 radical (unpaired) electrons. The second kappa shape index (κ2) is 5.70. The van der Waals surface area contributed by atoms with Crippen molar-refractivity contribution < 1.29 is 9.18 Å². The highest BCUT2D eigenvalue weighted by atomic mass is 32.1. The molecule has 0 bridgehead atoms. The maximum absolute atomic E-state index is 13.3. The van der Waals surface area contributed by atoms with Crippen LogP contribution in [0.1, 0.15) is 15.5 Å². The van der Waals surface area contributed by atoms with E-state index in [0.717, 1.165) is 5.01 Å². The fourth-order valence-corrected chi connectivity index (χ4v) is 2.20. The molecule has 0 unspecified atom stereocenters. The molecule has 2 aromatic rings. The molecule has 0 aliphatic carbocycles. The van der Waals surface area contributed by atoms with Gasteiger partial charge in [0.1, 0.15) is 11.5 Å². The number of thiazole rings is 1. The molecule has 0 spiro atoms. The van der Waals surface area contributed by atoms with E-state index in [0.29, 0.717) is 13.0 Å². The topological polar surface area (TPSA) is 68.0 Å². The first-order chi connectivity index (χ1) is 8.70. The number of anilines is 1. The maximum Gasteiger partial charge on any atom is 0.275 e. The van der Waals surface area contributed by atoms with Gasteiger partial charge in [-0.1, -0.05) is 12.1 Å². The van der Waals surface area contributed by atoms with Crippen LogP contribution in [0, 0.1) is 5.82 Å². The summed E-state index contributed by atoms with van der Waals surface area (Å²) in [4.78, 5) is 15.9. The van der Waals surface area contributed by atoms with E-state index in [1.54, 1.807) is 17.5 Å². The molecular weight excluding hydrogens is 253 g/mol. The van der Waals surface area contributed by atoms with Crippen LogP contribution in [0.15, 0.2) is 29.6 Å². The fourth-order valence-electron chi connectivity index (χ4n) is 1.40. The first-order valence-corrected chi connectivity index (χ1v) is 6.29. The number of nitrogens with one attached hydrogen (secondary N) is 1. The van der Waals surface area contributed by atoms with Gasteiger partial charge in [0.25, 0.3) is 5.91 Å². The Morgan fingerprint density at radius 1 is 1.44 bits per heavy atom. The third-order valence-electron chi connectivity index (χ3n) is 2.26. The van der Waals surface area contributed by atoms with Gasteiger partial charge in [0.05, 0.1) is 10.7 Å². The molecule has 0 atom stereocenters. The zero-order valence-corrected chi connectivity index (χ0v) is 10.3. The van der Waals surface area contributed by atoms with E-state index in [1.165, 1.54) is 23.5 Å². The summed E-state index contributed by atoms with van der Waals surface area (Å²) in [6, 6.07) is 6.00. The third kappa shape index (κ3) is 2.91. The first-order valence-electron chi connectivity index (χ1n) is 5.41. The number of aromatic nitrogens is 1. The lowest BCUT2D eigenvalue weighted by molar-refractivity contribution is 0.102. The van der Waals surface area contributed by atoms with Gasteiger partial charge in [0.2, 0.25) is 0 Å². The molecular formula is C12H12FN3OS. The minimum Gasteiger partial charge on any atom is -0.330 e. The van der Waals surface area contributed by atoms with Crippen LogP contribution in [-0.4, -0.2) is 17.4 Å². The average Bonchev–Trinajstić information content (AvgIpc) is 2.81. The number of hydrogen-bond acceptors (Lipinski definition) is 4. The van der Waals surface area contributed by atoms with Gasteiger partial charge in [0, 0.05) is 11.8 Å². The number of carbonyl (C=O) groups excluding carboxylic acids is 1. The normalized spacial score (nSPS) is 10.3. The second-order valence-corrected chi connectivity index (χ2v) is 4.54. The lowest BCUT2D eigenvalue weighted by atomic mass is 10.3. The fraction of sp³-hybridized carbons (Fsp3) is 0.167. The van der Waals surface area contributed by atoms with Crippen LogP contribution in [0.3, 0.4) is 0 Å². The molecule has 3 N–H and O–H groups in total. The molecule has 0 saturated carbocycles. The Labute approximate surface area is 108 Å². The molecule has 0 saturated heterocycles. The Morgan fingerprint density at radius 2 is 2.22 bits per heavy atom. The Morgan fingerprint density at radius 3 is 2.94 bits per heavy atom. The van der Waals surface area contributed by atoms with Crippen LogP contribution in [0.4, 0.5) is 10.1 Å². The minimum atomic E-state index is -0.469. The number of nitrogens with two attached hydrogens (primary N) is 1. The summed E-state index contributed by atoms with van der Waals surface area (Å²) in [5.41, 5.74) is 5.84. The van der Waals surface area contributed by atoms with Gasteiger partial charge in [0.15, 0.2) is 0 Å². The molecule has 94 valence electrons. The van der Waals surface area contributed by atoms with Gasteiger partial charge in [-0.3, -0.25) is 4.79 Å². The van der Waals surface area contributed by atoms with Gasteiger partial charge in [-0.05, 0) is 18.7 Å². The van der Waals surface area contributed by atoms with E-state index in [4.69, 9.17) is 5.73 Å². The molecule has 1 amide bonds. The van der Waals surface area contributed by atoms with Gasteiger partial charge < -0.3 is 11.1 Å².